The number of carbonyl (C=O) groups excluding carboxylic acids is 1. The summed E-state index contributed by atoms with van der Waals surface area (Å²) in [6.07, 6.45) is 3.22. The minimum Gasteiger partial charge on any atom is -0.396 e. The summed E-state index contributed by atoms with van der Waals surface area (Å²) in [7, 11) is 3.35. The highest BCUT2D eigenvalue weighted by Crippen LogP contribution is 2.15. The highest BCUT2D eigenvalue weighted by atomic mass is 16.2. The SMILES string of the molecule is CN(C(=O)c1nn(C)cc1N)c1ccccn1. The quantitative estimate of drug-likeness (QED) is 0.824. The van der Waals surface area contributed by atoms with Crippen molar-refractivity contribution in [3.63, 3.8) is 0 Å². The van der Waals surface area contributed by atoms with Crippen LogP contribution in [-0.2, 0) is 7.05 Å². The first kappa shape index (κ1) is 11.1. The standard InChI is InChI=1S/C11H13N5O/c1-15-7-8(12)10(14-15)11(17)16(2)9-5-3-4-6-13-9/h3-7H,12H2,1-2H3. The molecule has 1 amide bonds. The molecule has 0 spiro atoms. The van der Waals surface area contributed by atoms with E-state index >= 15 is 0 Å². The number of carbonyl (C=O) groups is 1. The van der Waals surface area contributed by atoms with E-state index in [2.05, 4.69) is 10.1 Å². The Kier molecular flexibility index (Phi) is 2.78. The zero-order valence-electron chi connectivity index (χ0n) is 9.66. The van der Waals surface area contributed by atoms with Crippen LogP contribution in [0, 0.1) is 0 Å². The molecule has 0 atom stereocenters. The van der Waals surface area contributed by atoms with E-state index in [0.29, 0.717) is 11.5 Å². The number of nitrogens with two attached hydrogens (primary N) is 1. The number of amides is 1. The number of anilines is 2. The zero-order valence-corrected chi connectivity index (χ0v) is 9.66. The summed E-state index contributed by atoms with van der Waals surface area (Å²) in [6, 6.07) is 5.35. The predicted molar refractivity (Wildman–Crippen MR) is 64.6 cm³/mol. The van der Waals surface area contributed by atoms with E-state index in [4.69, 9.17) is 5.73 Å². The van der Waals surface area contributed by atoms with E-state index in [0.717, 1.165) is 0 Å². The molecule has 0 aromatic carbocycles. The molecule has 2 aromatic heterocycles. The van der Waals surface area contributed by atoms with Gasteiger partial charge in [0.1, 0.15) is 5.82 Å². The first-order chi connectivity index (χ1) is 8.09. The monoisotopic (exact) mass is 231 g/mol. The Labute approximate surface area is 98.7 Å². The van der Waals surface area contributed by atoms with Gasteiger partial charge in [-0.05, 0) is 12.1 Å². The first-order valence-electron chi connectivity index (χ1n) is 5.08. The highest BCUT2D eigenvalue weighted by Gasteiger charge is 2.19. The lowest BCUT2D eigenvalue weighted by molar-refractivity contribution is 0.0987. The van der Waals surface area contributed by atoms with Gasteiger partial charge in [-0.3, -0.25) is 14.4 Å². The number of hydrogen-bond acceptors (Lipinski definition) is 4. The van der Waals surface area contributed by atoms with E-state index in [1.165, 1.54) is 9.58 Å². The zero-order chi connectivity index (χ0) is 12.4. The summed E-state index contributed by atoms with van der Waals surface area (Å²) >= 11 is 0. The maximum absolute atomic E-state index is 12.1. The summed E-state index contributed by atoms with van der Waals surface area (Å²) in [4.78, 5) is 17.6. The molecule has 0 fully saturated rings. The number of rotatable bonds is 2. The summed E-state index contributed by atoms with van der Waals surface area (Å²) in [5, 5.41) is 4.03. The molecule has 0 saturated heterocycles. The van der Waals surface area contributed by atoms with Gasteiger partial charge in [-0.2, -0.15) is 5.10 Å². The van der Waals surface area contributed by atoms with E-state index in [-0.39, 0.29) is 11.6 Å². The van der Waals surface area contributed by atoms with Crippen LogP contribution in [0.4, 0.5) is 11.5 Å². The molecular weight excluding hydrogens is 218 g/mol. The molecule has 0 aliphatic heterocycles. The van der Waals surface area contributed by atoms with Crippen molar-refractivity contribution < 1.29 is 4.79 Å². The van der Waals surface area contributed by atoms with Gasteiger partial charge in [0.05, 0.1) is 5.69 Å². The average molecular weight is 231 g/mol. The van der Waals surface area contributed by atoms with Gasteiger partial charge in [0.2, 0.25) is 0 Å². The lowest BCUT2D eigenvalue weighted by Gasteiger charge is -2.14. The molecule has 88 valence electrons. The molecular formula is C11H13N5O. The van der Waals surface area contributed by atoms with Crippen molar-refractivity contribution in [2.75, 3.05) is 17.7 Å². The van der Waals surface area contributed by atoms with Gasteiger partial charge in [0, 0.05) is 26.5 Å². The van der Waals surface area contributed by atoms with Crippen molar-refractivity contribution in [3.05, 3.63) is 36.3 Å². The fraction of sp³-hybridized carbons (Fsp3) is 0.182. The van der Waals surface area contributed by atoms with Crippen LogP contribution in [0.2, 0.25) is 0 Å². The number of pyridine rings is 1. The van der Waals surface area contributed by atoms with Gasteiger partial charge < -0.3 is 5.73 Å². The Morgan fingerprint density at radius 1 is 1.47 bits per heavy atom. The van der Waals surface area contributed by atoms with Crippen LogP contribution in [0.1, 0.15) is 10.5 Å². The largest absolute Gasteiger partial charge is 0.396 e. The molecule has 0 aliphatic rings. The third-order valence-electron chi connectivity index (χ3n) is 2.36. The number of nitrogens with zero attached hydrogens (tertiary/aromatic N) is 4. The third kappa shape index (κ3) is 2.10. The Hall–Kier alpha value is -2.37. The topological polar surface area (TPSA) is 77.0 Å². The first-order valence-corrected chi connectivity index (χ1v) is 5.08. The molecule has 0 radical (unpaired) electrons. The van der Waals surface area contributed by atoms with Gasteiger partial charge in [0.25, 0.3) is 5.91 Å². The number of hydrogen-bond donors (Lipinski definition) is 1. The second-order valence-electron chi connectivity index (χ2n) is 3.66. The molecule has 2 N–H and O–H groups in total. The normalized spacial score (nSPS) is 10.2. The fourth-order valence-electron chi connectivity index (χ4n) is 1.49. The van der Waals surface area contributed by atoms with Crippen molar-refractivity contribution >= 4 is 17.4 Å². The Bertz CT molecular complexity index is 534. The molecule has 17 heavy (non-hydrogen) atoms. The van der Waals surface area contributed by atoms with Crippen LogP contribution < -0.4 is 10.6 Å². The van der Waals surface area contributed by atoms with Crippen LogP contribution in [0.25, 0.3) is 0 Å². The van der Waals surface area contributed by atoms with Crippen LogP contribution in [0.5, 0.6) is 0 Å². The molecule has 2 rings (SSSR count). The number of aromatic nitrogens is 3. The summed E-state index contributed by atoms with van der Waals surface area (Å²) in [6.45, 7) is 0. The summed E-state index contributed by atoms with van der Waals surface area (Å²) in [5.41, 5.74) is 6.31. The Morgan fingerprint density at radius 3 is 2.76 bits per heavy atom. The number of aryl methyl sites for hydroxylation is 1. The Morgan fingerprint density at radius 2 is 2.24 bits per heavy atom. The summed E-state index contributed by atoms with van der Waals surface area (Å²) < 4.78 is 1.51. The predicted octanol–water partition coefficient (Wildman–Crippen LogP) is 0.674. The maximum Gasteiger partial charge on any atom is 0.281 e. The smallest absolute Gasteiger partial charge is 0.281 e. The molecule has 6 nitrogen and oxygen atoms in total. The Balaban J connectivity index is 2.30. The van der Waals surface area contributed by atoms with Crippen molar-refractivity contribution in [2.45, 2.75) is 0 Å². The van der Waals surface area contributed by atoms with Gasteiger partial charge in [-0.25, -0.2) is 4.98 Å². The second kappa shape index (κ2) is 4.25. The minimum absolute atomic E-state index is 0.237. The lowest BCUT2D eigenvalue weighted by Crippen LogP contribution is -2.28. The highest BCUT2D eigenvalue weighted by molar-refractivity contribution is 6.06. The van der Waals surface area contributed by atoms with Gasteiger partial charge in [-0.15, -0.1) is 0 Å². The van der Waals surface area contributed by atoms with Crippen LogP contribution >= 0.6 is 0 Å². The van der Waals surface area contributed by atoms with Crippen LogP contribution in [0.3, 0.4) is 0 Å². The van der Waals surface area contributed by atoms with Crippen LogP contribution in [0.15, 0.2) is 30.6 Å². The van der Waals surface area contributed by atoms with Crippen LogP contribution in [-0.4, -0.2) is 27.7 Å². The van der Waals surface area contributed by atoms with E-state index in [9.17, 15) is 4.79 Å². The van der Waals surface area contributed by atoms with Crippen molar-refractivity contribution in [2.24, 2.45) is 7.05 Å². The van der Waals surface area contributed by atoms with Gasteiger partial charge in [-0.1, -0.05) is 6.07 Å². The molecule has 0 unspecified atom stereocenters. The molecule has 0 saturated carbocycles. The molecule has 2 aromatic rings. The molecule has 6 heteroatoms. The second-order valence-corrected chi connectivity index (χ2v) is 3.66. The number of nitrogen functional groups attached to an aromatic ring is 1. The average Bonchev–Trinajstić information content (AvgIpc) is 2.68. The van der Waals surface area contributed by atoms with E-state index in [1.54, 1.807) is 38.6 Å². The van der Waals surface area contributed by atoms with Crippen molar-refractivity contribution in [1.29, 1.82) is 0 Å². The minimum atomic E-state index is -0.276. The molecule has 0 bridgehead atoms. The maximum atomic E-state index is 12.1. The van der Waals surface area contributed by atoms with Crippen molar-refractivity contribution in [3.8, 4) is 0 Å². The van der Waals surface area contributed by atoms with Gasteiger partial charge in [0.15, 0.2) is 5.69 Å². The van der Waals surface area contributed by atoms with E-state index in [1.807, 2.05) is 6.07 Å². The molecule has 0 aliphatic carbocycles. The van der Waals surface area contributed by atoms with E-state index < -0.39 is 0 Å². The van der Waals surface area contributed by atoms with Gasteiger partial charge >= 0.3 is 0 Å². The van der Waals surface area contributed by atoms with Crippen molar-refractivity contribution in [1.82, 2.24) is 14.8 Å². The summed E-state index contributed by atoms with van der Waals surface area (Å²) in [5.74, 6) is 0.282. The molecule has 2 heterocycles. The third-order valence-corrected chi connectivity index (χ3v) is 2.36. The fourth-order valence-corrected chi connectivity index (χ4v) is 1.49. The lowest BCUT2D eigenvalue weighted by atomic mass is 10.3.